The van der Waals surface area contributed by atoms with Gasteiger partial charge in [0.15, 0.2) is 0 Å². The molecule has 0 atom stereocenters. The number of halogens is 1. The van der Waals surface area contributed by atoms with Crippen LogP contribution in [0.4, 0.5) is 0 Å². The zero-order valence-electron chi connectivity index (χ0n) is 8.09. The summed E-state index contributed by atoms with van der Waals surface area (Å²) < 4.78 is 1.15. The number of rotatable bonds is 2. The van der Waals surface area contributed by atoms with Crippen molar-refractivity contribution in [3.63, 3.8) is 0 Å². The Morgan fingerprint density at radius 3 is 2.00 bits per heavy atom. The van der Waals surface area contributed by atoms with Crippen molar-refractivity contribution in [2.75, 3.05) is 0 Å². The molecule has 1 aromatic carbocycles. The third-order valence-electron chi connectivity index (χ3n) is 3.89. The van der Waals surface area contributed by atoms with Crippen molar-refractivity contribution in [1.82, 2.24) is 0 Å². The Hall–Kier alpha value is -0.340. The van der Waals surface area contributed by atoms with E-state index < -0.39 is 0 Å². The molecule has 0 heterocycles. The predicted molar refractivity (Wildman–Crippen MR) is 61.2 cm³/mol. The van der Waals surface area contributed by atoms with E-state index in [2.05, 4.69) is 40.2 Å². The predicted octanol–water partition coefficient (Wildman–Crippen LogP) is 2.97. The van der Waals surface area contributed by atoms with Crippen molar-refractivity contribution in [2.45, 2.75) is 36.6 Å². The van der Waals surface area contributed by atoms with Crippen LogP contribution in [0.1, 0.15) is 31.2 Å². The normalized spacial score (nSPS) is 25.9. The summed E-state index contributed by atoms with van der Waals surface area (Å²) in [5.74, 6) is 0. The highest BCUT2D eigenvalue weighted by Gasteiger charge is 2.63. The van der Waals surface area contributed by atoms with E-state index in [1.165, 1.54) is 31.2 Å². The van der Waals surface area contributed by atoms with Crippen molar-refractivity contribution >= 4 is 15.9 Å². The lowest BCUT2D eigenvalue weighted by Crippen LogP contribution is -2.37. The Kier molecular flexibility index (Phi) is 1.67. The largest absolute Gasteiger partial charge is 0.324 e. The van der Waals surface area contributed by atoms with Crippen LogP contribution in [0.25, 0.3) is 0 Å². The second kappa shape index (κ2) is 2.61. The van der Waals surface area contributed by atoms with Gasteiger partial charge >= 0.3 is 0 Å². The van der Waals surface area contributed by atoms with Crippen molar-refractivity contribution in [2.24, 2.45) is 5.73 Å². The van der Waals surface area contributed by atoms with E-state index in [9.17, 15) is 0 Å². The molecular formula is C12H14BrN. The third-order valence-corrected chi connectivity index (χ3v) is 4.42. The van der Waals surface area contributed by atoms with Gasteiger partial charge in [0.05, 0.1) is 0 Å². The van der Waals surface area contributed by atoms with Crippen LogP contribution in [0.2, 0.25) is 0 Å². The standard InChI is InChI=1S/C12H14BrN/c13-10-3-1-9(2-4-10)11(5-6-11)12(14)7-8-12/h1-4H,5-8,14H2. The highest BCUT2D eigenvalue weighted by atomic mass is 79.9. The molecular weight excluding hydrogens is 238 g/mol. The van der Waals surface area contributed by atoms with Crippen LogP contribution in [-0.4, -0.2) is 5.54 Å². The fourth-order valence-electron chi connectivity index (χ4n) is 2.58. The second-order valence-corrected chi connectivity index (χ2v) is 5.66. The van der Waals surface area contributed by atoms with Crippen LogP contribution >= 0.6 is 15.9 Å². The minimum atomic E-state index is 0.140. The SMILES string of the molecule is NC1(C2(c3ccc(Br)cc3)CC2)CC1. The summed E-state index contributed by atoms with van der Waals surface area (Å²) in [7, 11) is 0. The van der Waals surface area contributed by atoms with E-state index in [1.807, 2.05) is 0 Å². The maximum absolute atomic E-state index is 6.35. The smallest absolute Gasteiger partial charge is 0.0253 e. The van der Waals surface area contributed by atoms with Gasteiger partial charge < -0.3 is 5.73 Å². The Morgan fingerprint density at radius 2 is 1.57 bits per heavy atom. The highest BCUT2D eigenvalue weighted by Crippen LogP contribution is 2.63. The summed E-state index contributed by atoms with van der Waals surface area (Å²) in [5.41, 5.74) is 8.27. The summed E-state index contributed by atoms with van der Waals surface area (Å²) in [6, 6.07) is 8.70. The van der Waals surface area contributed by atoms with Gasteiger partial charge in [-0.1, -0.05) is 28.1 Å². The number of hydrogen-bond acceptors (Lipinski definition) is 1. The van der Waals surface area contributed by atoms with E-state index >= 15 is 0 Å². The van der Waals surface area contributed by atoms with Gasteiger partial charge in [0.2, 0.25) is 0 Å². The van der Waals surface area contributed by atoms with Crippen LogP contribution in [0.5, 0.6) is 0 Å². The van der Waals surface area contributed by atoms with Crippen LogP contribution in [0.15, 0.2) is 28.7 Å². The lowest BCUT2D eigenvalue weighted by Gasteiger charge is -2.23. The average Bonchev–Trinajstić information content (AvgIpc) is 3.01. The topological polar surface area (TPSA) is 26.0 Å². The molecule has 2 saturated carbocycles. The first-order valence-electron chi connectivity index (χ1n) is 5.21. The van der Waals surface area contributed by atoms with Crippen LogP contribution in [-0.2, 0) is 5.41 Å². The van der Waals surface area contributed by atoms with Gasteiger partial charge in [0, 0.05) is 15.4 Å². The van der Waals surface area contributed by atoms with Crippen molar-refractivity contribution in [1.29, 1.82) is 0 Å². The number of benzene rings is 1. The van der Waals surface area contributed by atoms with Gasteiger partial charge in [-0.25, -0.2) is 0 Å². The highest BCUT2D eigenvalue weighted by molar-refractivity contribution is 9.10. The maximum Gasteiger partial charge on any atom is 0.0253 e. The molecule has 1 aromatic rings. The third kappa shape index (κ3) is 1.10. The van der Waals surface area contributed by atoms with E-state index in [-0.39, 0.29) is 5.54 Å². The summed E-state index contributed by atoms with van der Waals surface area (Å²) in [6.45, 7) is 0. The molecule has 0 aliphatic heterocycles. The summed E-state index contributed by atoms with van der Waals surface area (Å²) >= 11 is 3.47. The molecule has 2 N–H and O–H groups in total. The summed E-state index contributed by atoms with van der Waals surface area (Å²) in [4.78, 5) is 0. The molecule has 0 unspecified atom stereocenters. The minimum Gasteiger partial charge on any atom is -0.324 e. The van der Waals surface area contributed by atoms with E-state index in [1.54, 1.807) is 0 Å². The van der Waals surface area contributed by atoms with Gasteiger partial charge in [-0.05, 0) is 43.4 Å². The molecule has 0 radical (unpaired) electrons. The molecule has 2 aliphatic rings. The van der Waals surface area contributed by atoms with E-state index in [4.69, 9.17) is 5.73 Å². The van der Waals surface area contributed by atoms with Crippen LogP contribution in [0, 0.1) is 0 Å². The van der Waals surface area contributed by atoms with Gasteiger partial charge in [0.25, 0.3) is 0 Å². The molecule has 2 heteroatoms. The van der Waals surface area contributed by atoms with Crippen LogP contribution in [0.3, 0.4) is 0 Å². The first-order chi connectivity index (χ1) is 6.66. The molecule has 0 aromatic heterocycles. The van der Waals surface area contributed by atoms with Gasteiger partial charge in [0.1, 0.15) is 0 Å². The Labute approximate surface area is 92.8 Å². The molecule has 0 bridgehead atoms. The number of nitrogens with two attached hydrogens (primary N) is 1. The maximum atomic E-state index is 6.35. The Morgan fingerprint density at radius 1 is 1.00 bits per heavy atom. The lowest BCUT2D eigenvalue weighted by molar-refractivity contribution is 0.503. The van der Waals surface area contributed by atoms with Crippen molar-refractivity contribution in [3.05, 3.63) is 34.3 Å². The van der Waals surface area contributed by atoms with E-state index in [0.29, 0.717) is 5.41 Å². The Bertz CT molecular complexity index is 360. The summed E-state index contributed by atoms with van der Waals surface area (Å²) in [5, 5.41) is 0. The first kappa shape index (κ1) is 8.93. The van der Waals surface area contributed by atoms with Crippen LogP contribution < -0.4 is 5.73 Å². The molecule has 14 heavy (non-hydrogen) atoms. The van der Waals surface area contributed by atoms with E-state index in [0.717, 1.165) is 4.47 Å². The average molecular weight is 252 g/mol. The molecule has 0 saturated heterocycles. The van der Waals surface area contributed by atoms with Gasteiger partial charge in [-0.3, -0.25) is 0 Å². The fourth-order valence-corrected chi connectivity index (χ4v) is 2.85. The molecule has 0 spiro atoms. The Balaban J connectivity index is 1.99. The molecule has 2 aliphatic carbocycles. The first-order valence-corrected chi connectivity index (χ1v) is 6.01. The molecule has 74 valence electrons. The fraction of sp³-hybridized carbons (Fsp3) is 0.500. The second-order valence-electron chi connectivity index (χ2n) is 4.75. The van der Waals surface area contributed by atoms with Gasteiger partial charge in [-0.2, -0.15) is 0 Å². The monoisotopic (exact) mass is 251 g/mol. The zero-order valence-corrected chi connectivity index (χ0v) is 9.68. The molecule has 0 amide bonds. The van der Waals surface area contributed by atoms with Gasteiger partial charge in [-0.15, -0.1) is 0 Å². The molecule has 3 rings (SSSR count). The summed E-state index contributed by atoms with van der Waals surface area (Å²) in [6.07, 6.45) is 4.99. The minimum absolute atomic E-state index is 0.140. The van der Waals surface area contributed by atoms with Crippen molar-refractivity contribution < 1.29 is 0 Å². The molecule has 2 fully saturated rings. The quantitative estimate of drug-likeness (QED) is 0.860. The van der Waals surface area contributed by atoms with Crippen molar-refractivity contribution in [3.8, 4) is 0 Å². The lowest BCUT2D eigenvalue weighted by atomic mass is 9.86. The zero-order chi connectivity index (χ0) is 9.81. The number of hydrogen-bond donors (Lipinski definition) is 1. The molecule has 1 nitrogen and oxygen atoms in total.